The van der Waals surface area contributed by atoms with Crippen LogP contribution in [-0.4, -0.2) is 42.1 Å². The number of aryl methyl sites for hydroxylation is 1. The van der Waals surface area contributed by atoms with Crippen LogP contribution in [0.3, 0.4) is 0 Å². The third kappa shape index (κ3) is 5.65. The highest BCUT2D eigenvalue weighted by atomic mass is 32.2. The minimum atomic E-state index is -3.89. The molecule has 2 aromatic rings. The Morgan fingerprint density at radius 2 is 1.80 bits per heavy atom. The molecule has 8 nitrogen and oxygen atoms in total. The van der Waals surface area contributed by atoms with E-state index >= 15 is 0 Å². The maximum Gasteiger partial charge on any atom is 0.243 e. The fourth-order valence-corrected chi connectivity index (χ4v) is 5.89. The number of carbonyl (C=O) groups excluding carboxylic acids is 2. The van der Waals surface area contributed by atoms with Crippen molar-refractivity contribution in [3.63, 3.8) is 0 Å². The van der Waals surface area contributed by atoms with Crippen molar-refractivity contribution in [2.45, 2.75) is 56.9 Å². The number of nitrogens with zero attached hydrogens (tertiary/aromatic N) is 2. The number of hydrogen-bond acceptors (Lipinski definition) is 6. The Labute approximate surface area is 180 Å². The first-order chi connectivity index (χ1) is 14.3. The first kappa shape index (κ1) is 22.4. The molecule has 3 rings (SSSR count). The van der Waals surface area contributed by atoms with Crippen LogP contribution in [-0.2, 0) is 19.6 Å². The van der Waals surface area contributed by atoms with Gasteiger partial charge in [-0.2, -0.15) is 4.31 Å². The zero-order chi connectivity index (χ0) is 21.7. The summed E-state index contributed by atoms with van der Waals surface area (Å²) < 4.78 is 28.1. The standard InChI is InChI=1S/C20H26N4O4S2/c1-14-13-29-20(21-14)23-19(26)12-24(17-6-4-3-5-7-17)30(27,28)18-10-8-16(9-11-18)22-15(2)25/h8-11,13,17H,3-7,12H2,1-2H3,(H,22,25)(H,21,23,26). The molecule has 10 heteroatoms. The Balaban J connectivity index is 1.82. The highest BCUT2D eigenvalue weighted by molar-refractivity contribution is 7.89. The fraction of sp³-hybridized carbons (Fsp3) is 0.450. The zero-order valence-electron chi connectivity index (χ0n) is 17.1. The molecule has 0 atom stereocenters. The number of thiazole rings is 1. The lowest BCUT2D eigenvalue weighted by Crippen LogP contribution is -2.45. The zero-order valence-corrected chi connectivity index (χ0v) is 18.7. The normalized spacial score (nSPS) is 15.2. The van der Waals surface area contributed by atoms with Crippen molar-refractivity contribution in [3.8, 4) is 0 Å². The Morgan fingerprint density at radius 1 is 1.13 bits per heavy atom. The molecule has 1 aromatic heterocycles. The summed E-state index contributed by atoms with van der Waals surface area (Å²) >= 11 is 1.31. The van der Waals surface area contributed by atoms with E-state index in [1.54, 1.807) is 12.1 Å². The molecule has 0 bridgehead atoms. The summed E-state index contributed by atoms with van der Waals surface area (Å²) in [5, 5.41) is 7.60. The molecule has 0 radical (unpaired) electrons. The molecule has 1 aliphatic carbocycles. The van der Waals surface area contributed by atoms with Crippen LogP contribution in [0, 0.1) is 6.92 Å². The largest absolute Gasteiger partial charge is 0.326 e. The van der Waals surface area contributed by atoms with Crippen molar-refractivity contribution < 1.29 is 18.0 Å². The van der Waals surface area contributed by atoms with Gasteiger partial charge in [-0.25, -0.2) is 13.4 Å². The average Bonchev–Trinajstić information content (AvgIpc) is 3.11. The summed E-state index contributed by atoms with van der Waals surface area (Å²) in [5.74, 6) is -0.642. The van der Waals surface area contributed by atoms with E-state index in [2.05, 4.69) is 15.6 Å². The highest BCUT2D eigenvalue weighted by Crippen LogP contribution is 2.28. The number of amides is 2. The topological polar surface area (TPSA) is 108 Å². The average molecular weight is 451 g/mol. The van der Waals surface area contributed by atoms with Crippen LogP contribution in [0.15, 0.2) is 34.5 Å². The van der Waals surface area contributed by atoms with Crippen LogP contribution in [0.4, 0.5) is 10.8 Å². The second-order valence-electron chi connectivity index (χ2n) is 7.39. The van der Waals surface area contributed by atoms with Gasteiger partial charge in [-0.1, -0.05) is 19.3 Å². The van der Waals surface area contributed by atoms with Crippen molar-refractivity contribution in [2.75, 3.05) is 17.2 Å². The van der Waals surface area contributed by atoms with Crippen molar-refractivity contribution >= 4 is 44.0 Å². The van der Waals surface area contributed by atoms with E-state index in [4.69, 9.17) is 0 Å². The summed E-state index contributed by atoms with van der Waals surface area (Å²) in [6, 6.07) is 5.79. The lowest BCUT2D eigenvalue weighted by Gasteiger charge is -2.33. The summed E-state index contributed by atoms with van der Waals surface area (Å²) in [4.78, 5) is 28.1. The molecule has 0 aliphatic heterocycles. The monoisotopic (exact) mass is 450 g/mol. The maximum absolute atomic E-state index is 13.4. The first-order valence-electron chi connectivity index (χ1n) is 9.87. The number of hydrogen-bond donors (Lipinski definition) is 2. The van der Waals surface area contributed by atoms with Gasteiger partial charge in [0.05, 0.1) is 17.1 Å². The lowest BCUT2D eigenvalue weighted by atomic mass is 9.95. The molecule has 1 fully saturated rings. The van der Waals surface area contributed by atoms with Gasteiger partial charge >= 0.3 is 0 Å². The molecule has 0 spiro atoms. The van der Waals surface area contributed by atoms with Crippen LogP contribution < -0.4 is 10.6 Å². The van der Waals surface area contributed by atoms with Crippen LogP contribution in [0.5, 0.6) is 0 Å². The van der Waals surface area contributed by atoms with Gasteiger partial charge in [-0.05, 0) is 44.0 Å². The van der Waals surface area contributed by atoms with Crippen LogP contribution >= 0.6 is 11.3 Å². The molecule has 1 aromatic carbocycles. The van der Waals surface area contributed by atoms with E-state index in [0.29, 0.717) is 10.8 Å². The molecular weight excluding hydrogens is 424 g/mol. The SMILES string of the molecule is CC(=O)Nc1ccc(S(=O)(=O)N(CC(=O)Nc2nc(C)cs2)C2CCCCC2)cc1. The van der Waals surface area contributed by atoms with Crippen molar-refractivity contribution in [1.29, 1.82) is 0 Å². The fourth-order valence-electron chi connectivity index (χ4n) is 3.54. The van der Waals surface area contributed by atoms with Gasteiger partial charge < -0.3 is 10.6 Å². The lowest BCUT2D eigenvalue weighted by molar-refractivity contribution is -0.117. The van der Waals surface area contributed by atoms with Crippen molar-refractivity contribution in [1.82, 2.24) is 9.29 Å². The number of benzene rings is 1. The second-order valence-corrected chi connectivity index (χ2v) is 10.1. The minimum absolute atomic E-state index is 0.0973. The van der Waals surface area contributed by atoms with Gasteiger partial charge in [0, 0.05) is 24.0 Å². The highest BCUT2D eigenvalue weighted by Gasteiger charge is 2.34. The molecule has 1 saturated carbocycles. The predicted molar refractivity (Wildman–Crippen MR) is 117 cm³/mol. The van der Waals surface area contributed by atoms with E-state index in [-0.39, 0.29) is 23.4 Å². The number of sulfonamides is 1. The Hall–Kier alpha value is -2.30. The van der Waals surface area contributed by atoms with Gasteiger partial charge in [0.25, 0.3) is 0 Å². The van der Waals surface area contributed by atoms with Gasteiger partial charge in [0.15, 0.2) is 5.13 Å². The molecule has 30 heavy (non-hydrogen) atoms. The van der Waals surface area contributed by atoms with Crippen molar-refractivity contribution in [3.05, 3.63) is 35.3 Å². The second kappa shape index (κ2) is 9.67. The summed E-state index contributed by atoms with van der Waals surface area (Å²) in [7, 11) is -3.89. The number of anilines is 2. The minimum Gasteiger partial charge on any atom is -0.326 e. The van der Waals surface area contributed by atoms with Crippen LogP contribution in [0.1, 0.15) is 44.7 Å². The first-order valence-corrected chi connectivity index (χ1v) is 12.2. The van der Waals surface area contributed by atoms with Gasteiger partial charge in [-0.3, -0.25) is 9.59 Å². The summed E-state index contributed by atoms with van der Waals surface area (Å²) in [5.41, 5.74) is 1.31. The number of nitrogens with one attached hydrogen (secondary N) is 2. The number of carbonyl (C=O) groups is 2. The van der Waals surface area contributed by atoms with Gasteiger partial charge in [0.2, 0.25) is 21.8 Å². The smallest absolute Gasteiger partial charge is 0.243 e. The summed E-state index contributed by atoms with van der Waals surface area (Å²) in [6.07, 6.45) is 4.40. The Morgan fingerprint density at radius 3 is 2.37 bits per heavy atom. The molecule has 2 amide bonds. The predicted octanol–water partition coefficient (Wildman–Crippen LogP) is 3.37. The van der Waals surface area contributed by atoms with E-state index in [1.807, 2.05) is 12.3 Å². The molecule has 1 aliphatic rings. The molecule has 2 N–H and O–H groups in total. The van der Waals surface area contributed by atoms with Gasteiger partial charge in [-0.15, -0.1) is 11.3 Å². The van der Waals surface area contributed by atoms with Gasteiger partial charge in [0.1, 0.15) is 0 Å². The van der Waals surface area contributed by atoms with E-state index in [9.17, 15) is 18.0 Å². The van der Waals surface area contributed by atoms with Crippen LogP contribution in [0.25, 0.3) is 0 Å². The maximum atomic E-state index is 13.4. The molecular formula is C20H26N4O4S2. The Bertz CT molecular complexity index is 996. The van der Waals surface area contributed by atoms with E-state index < -0.39 is 15.9 Å². The Kier molecular flexibility index (Phi) is 7.22. The van der Waals surface area contributed by atoms with E-state index in [1.165, 1.54) is 34.7 Å². The number of rotatable bonds is 7. The van der Waals surface area contributed by atoms with Crippen molar-refractivity contribution in [2.24, 2.45) is 0 Å². The number of aromatic nitrogens is 1. The third-order valence-corrected chi connectivity index (χ3v) is 7.72. The third-order valence-electron chi connectivity index (χ3n) is 4.93. The molecule has 0 saturated heterocycles. The van der Waals surface area contributed by atoms with Crippen LogP contribution in [0.2, 0.25) is 0 Å². The molecule has 1 heterocycles. The van der Waals surface area contributed by atoms with E-state index in [0.717, 1.165) is 37.8 Å². The quantitative estimate of drug-likeness (QED) is 0.672. The summed E-state index contributed by atoms with van der Waals surface area (Å²) in [6.45, 7) is 2.95. The molecule has 0 unspecified atom stereocenters. The molecule has 162 valence electrons.